The molecule has 6 nitrogen and oxygen atoms in total. The Morgan fingerprint density at radius 2 is 1.84 bits per heavy atom. The Hall–Kier alpha value is -3.54. The number of hydrogen-bond acceptors (Lipinski definition) is 3. The average molecular weight is 332 g/mol. The van der Waals surface area contributed by atoms with E-state index in [1.807, 2.05) is 54.6 Å². The first-order valence-electron chi connectivity index (χ1n) is 7.86. The van der Waals surface area contributed by atoms with Crippen molar-refractivity contribution in [2.24, 2.45) is 0 Å². The topological polar surface area (TPSA) is 92.2 Å². The maximum absolute atomic E-state index is 12.6. The summed E-state index contributed by atoms with van der Waals surface area (Å²) in [7, 11) is 0. The van der Waals surface area contributed by atoms with Gasteiger partial charge in [0.05, 0.1) is 17.7 Å². The molecule has 3 aromatic rings. The molecule has 2 heterocycles. The second kappa shape index (κ2) is 5.83. The molecule has 4 rings (SSSR count). The van der Waals surface area contributed by atoms with E-state index in [2.05, 4.69) is 10.4 Å². The largest absolute Gasteiger partial charge is 0.510 e. The number of nitrogens with one attached hydrogen (secondary N) is 3. The first-order valence-corrected chi connectivity index (χ1v) is 7.86. The molecule has 1 amide bonds. The molecule has 2 aromatic carbocycles. The normalized spacial score (nSPS) is 14.4. The fourth-order valence-electron chi connectivity index (χ4n) is 3.03. The zero-order valence-corrected chi connectivity index (χ0v) is 13.3. The minimum Gasteiger partial charge on any atom is -0.510 e. The number of amidine groups is 1. The average Bonchev–Trinajstić information content (AvgIpc) is 3.17. The number of aromatic amines is 1. The van der Waals surface area contributed by atoms with Crippen LogP contribution in [0.3, 0.4) is 0 Å². The summed E-state index contributed by atoms with van der Waals surface area (Å²) in [5.74, 6) is -0.198. The highest BCUT2D eigenvalue weighted by molar-refractivity contribution is 6.24. The van der Waals surface area contributed by atoms with Crippen LogP contribution >= 0.6 is 0 Å². The summed E-state index contributed by atoms with van der Waals surface area (Å²) in [6, 6.07) is 16.7. The van der Waals surface area contributed by atoms with Crippen LogP contribution < -0.4 is 5.43 Å². The van der Waals surface area contributed by atoms with E-state index >= 15 is 0 Å². The standard InChI is InChI=1S/C19H16N4O2/c20-18-17(12-6-2-1-3-7-12)16(24)11-23(18)22-19(25)14-10-21-15-9-5-4-8-13(14)15/h1-10,20-21,24H,11H2,(H,22,25). The van der Waals surface area contributed by atoms with E-state index in [1.54, 1.807) is 6.20 Å². The Morgan fingerprint density at radius 1 is 1.12 bits per heavy atom. The molecule has 0 saturated heterocycles. The van der Waals surface area contributed by atoms with E-state index in [9.17, 15) is 9.90 Å². The van der Waals surface area contributed by atoms with Crippen LogP contribution in [0.25, 0.3) is 16.5 Å². The van der Waals surface area contributed by atoms with Crippen LogP contribution in [0.4, 0.5) is 0 Å². The van der Waals surface area contributed by atoms with Gasteiger partial charge in [0.25, 0.3) is 5.91 Å². The number of benzene rings is 2. The minimum absolute atomic E-state index is 0.0652. The van der Waals surface area contributed by atoms with Gasteiger partial charge in [0.2, 0.25) is 0 Å². The summed E-state index contributed by atoms with van der Waals surface area (Å²) in [6.45, 7) is 0.0666. The van der Waals surface area contributed by atoms with Crippen molar-refractivity contribution in [3.05, 3.63) is 77.7 Å². The van der Waals surface area contributed by atoms with Crippen molar-refractivity contribution < 1.29 is 9.90 Å². The first-order chi connectivity index (χ1) is 12.1. The number of nitrogens with zero attached hydrogens (tertiary/aromatic N) is 1. The van der Waals surface area contributed by atoms with Gasteiger partial charge in [-0.25, -0.2) is 0 Å². The molecular weight excluding hydrogens is 316 g/mol. The number of amides is 1. The summed E-state index contributed by atoms with van der Waals surface area (Å²) in [6.07, 6.45) is 1.64. The van der Waals surface area contributed by atoms with Crippen molar-refractivity contribution in [3.8, 4) is 0 Å². The number of aliphatic hydroxyl groups excluding tert-OH is 1. The van der Waals surface area contributed by atoms with Gasteiger partial charge in [0.1, 0.15) is 5.76 Å². The lowest BCUT2D eigenvalue weighted by Gasteiger charge is -2.19. The third-order valence-electron chi connectivity index (χ3n) is 4.24. The van der Waals surface area contributed by atoms with Crippen molar-refractivity contribution in [1.29, 1.82) is 5.41 Å². The van der Waals surface area contributed by atoms with Crippen LogP contribution in [0, 0.1) is 5.41 Å². The zero-order valence-electron chi connectivity index (χ0n) is 13.3. The van der Waals surface area contributed by atoms with Gasteiger partial charge in [-0.3, -0.25) is 20.6 Å². The Kier molecular flexibility index (Phi) is 3.50. The smallest absolute Gasteiger partial charge is 0.272 e. The third-order valence-corrected chi connectivity index (χ3v) is 4.24. The van der Waals surface area contributed by atoms with Crippen LogP contribution in [0.15, 0.2) is 66.6 Å². The van der Waals surface area contributed by atoms with Gasteiger partial charge in [-0.05, 0) is 11.6 Å². The number of hydrazine groups is 1. The minimum atomic E-state index is -0.329. The maximum atomic E-state index is 12.6. The number of fused-ring (bicyclic) bond motifs is 1. The lowest BCUT2D eigenvalue weighted by atomic mass is 10.1. The second-order valence-corrected chi connectivity index (χ2v) is 5.81. The van der Waals surface area contributed by atoms with Crippen LogP contribution in [0.2, 0.25) is 0 Å². The monoisotopic (exact) mass is 332 g/mol. The van der Waals surface area contributed by atoms with E-state index in [1.165, 1.54) is 5.01 Å². The molecule has 0 bridgehead atoms. The van der Waals surface area contributed by atoms with E-state index in [-0.39, 0.29) is 24.0 Å². The van der Waals surface area contributed by atoms with Crippen molar-refractivity contribution in [2.75, 3.05) is 6.54 Å². The summed E-state index contributed by atoms with van der Waals surface area (Å²) in [5.41, 5.74) is 5.24. The molecule has 0 saturated carbocycles. The molecule has 25 heavy (non-hydrogen) atoms. The highest BCUT2D eigenvalue weighted by atomic mass is 16.3. The Balaban J connectivity index is 1.57. The number of aromatic nitrogens is 1. The van der Waals surface area contributed by atoms with Gasteiger partial charge >= 0.3 is 0 Å². The molecule has 1 aliphatic heterocycles. The molecular formula is C19H16N4O2. The van der Waals surface area contributed by atoms with Gasteiger partial charge in [-0.2, -0.15) is 0 Å². The fourth-order valence-corrected chi connectivity index (χ4v) is 3.03. The highest BCUT2D eigenvalue weighted by Gasteiger charge is 2.30. The number of carbonyl (C=O) groups excluding carboxylic acids is 1. The van der Waals surface area contributed by atoms with E-state index in [0.29, 0.717) is 11.1 Å². The van der Waals surface area contributed by atoms with E-state index < -0.39 is 0 Å². The van der Waals surface area contributed by atoms with Crippen molar-refractivity contribution in [3.63, 3.8) is 0 Å². The molecule has 1 aliphatic rings. The van der Waals surface area contributed by atoms with Crippen LogP contribution in [0.5, 0.6) is 0 Å². The number of rotatable bonds is 3. The summed E-state index contributed by atoms with van der Waals surface area (Å²) >= 11 is 0. The Bertz CT molecular complexity index is 1000. The van der Waals surface area contributed by atoms with Crippen LogP contribution in [-0.2, 0) is 0 Å². The van der Waals surface area contributed by atoms with E-state index in [4.69, 9.17) is 5.41 Å². The van der Waals surface area contributed by atoms with Crippen molar-refractivity contribution >= 4 is 28.2 Å². The number of H-pyrrole nitrogens is 1. The molecule has 124 valence electrons. The van der Waals surface area contributed by atoms with Crippen LogP contribution in [0.1, 0.15) is 15.9 Å². The summed E-state index contributed by atoms with van der Waals surface area (Å²) < 4.78 is 0. The van der Waals surface area contributed by atoms with Crippen molar-refractivity contribution in [2.45, 2.75) is 0 Å². The quantitative estimate of drug-likeness (QED) is 0.594. The first kappa shape index (κ1) is 15.0. The Labute approximate surface area is 143 Å². The van der Waals surface area contributed by atoms with Gasteiger partial charge in [0, 0.05) is 17.1 Å². The third kappa shape index (κ3) is 2.53. The summed E-state index contributed by atoms with van der Waals surface area (Å²) in [5, 5.41) is 20.7. The second-order valence-electron chi connectivity index (χ2n) is 5.81. The zero-order chi connectivity index (χ0) is 17.4. The molecule has 6 heteroatoms. The number of aliphatic hydroxyl groups is 1. The molecule has 1 aromatic heterocycles. The fraction of sp³-hybridized carbons (Fsp3) is 0.0526. The highest BCUT2D eigenvalue weighted by Crippen LogP contribution is 2.26. The molecule has 4 N–H and O–H groups in total. The molecule has 0 unspecified atom stereocenters. The van der Waals surface area contributed by atoms with E-state index in [0.717, 1.165) is 16.5 Å². The van der Waals surface area contributed by atoms with Gasteiger partial charge in [-0.15, -0.1) is 0 Å². The lowest BCUT2D eigenvalue weighted by molar-refractivity contribution is 0.0876. The van der Waals surface area contributed by atoms with Crippen LogP contribution in [-0.4, -0.2) is 33.4 Å². The lowest BCUT2D eigenvalue weighted by Crippen LogP contribution is -2.43. The molecule has 0 spiro atoms. The molecule has 0 aliphatic carbocycles. The number of para-hydroxylation sites is 1. The number of hydrogen-bond donors (Lipinski definition) is 4. The summed E-state index contributed by atoms with van der Waals surface area (Å²) in [4.78, 5) is 15.7. The van der Waals surface area contributed by atoms with Gasteiger partial charge in [0.15, 0.2) is 5.84 Å². The molecule has 0 fully saturated rings. The Morgan fingerprint density at radius 3 is 2.64 bits per heavy atom. The SMILES string of the molecule is N=C1C(c2ccccc2)=C(O)CN1NC(=O)c1c[nH]c2ccccc12. The van der Waals surface area contributed by atoms with Crippen molar-refractivity contribution in [1.82, 2.24) is 15.4 Å². The molecule has 0 atom stereocenters. The van der Waals surface area contributed by atoms with Gasteiger partial charge in [-0.1, -0.05) is 48.5 Å². The number of carbonyl (C=O) groups is 1. The predicted molar refractivity (Wildman–Crippen MR) is 96.2 cm³/mol. The maximum Gasteiger partial charge on any atom is 0.272 e. The van der Waals surface area contributed by atoms with Gasteiger partial charge < -0.3 is 10.1 Å². The predicted octanol–water partition coefficient (Wildman–Crippen LogP) is 3.07. The molecule has 0 radical (unpaired) electrons.